The van der Waals surface area contributed by atoms with Gasteiger partial charge in [-0.25, -0.2) is 4.79 Å². The SMILES string of the molecule is CC1CC(N)(C=Cc2ccccc2)CCN1C(=O)O. The van der Waals surface area contributed by atoms with Gasteiger partial charge in [0.15, 0.2) is 0 Å². The molecule has 4 heteroatoms. The highest BCUT2D eigenvalue weighted by atomic mass is 16.4. The van der Waals surface area contributed by atoms with E-state index < -0.39 is 11.6 Å². The average molecular weight is 260 g/mol. The van der Waals surface area contributed by atoms with E-state index in [1.807, 2.05) is 49.4 Å². The summed E-state index contributed by atoms with van der Waals surface area (Å²) in [5, 5.41) is 9.05. The van der Waals surface area contributed by atoms with Crippen molar-refractivity contribution in [2.75, 3.05) is 6.54 Å². The fourth-order valence-corrected chi connectivity index (χ4v) is 2.57. The molecule has 0 spiro atoms. The zero-order chi connectivity index (χ0) is 13.9. The van der Waals surface area contributed by atoms with Gasteiger partial charge in [0, 0.05) is 18.1 Å². The third-order valence-electron chi connectivity index (χ3n) is 3.68. The first-order valence-electron chi connectivity index (χ1n) is 6.53. The van der Waals surface area contributed by atoms with Gasteiger partial charge in [-0.3, -0.25) is 0 Å². The van der Waals surface area contributed by atoms with Gasteiger partial charge >= 0.3 is 6.09 Å². The van der Waals surface area contributed by atoms with Crippen LogP contribution in [-0.4, -0.2) is 34.2 Å². The first kappa shape index (κ1) is 13.6. The monoisotopic (exact) mass is 260 g/mol. The molecule has 2 atom stereocenters. The molecule has 0 bridgehead atoms. The van der Waals surface area contributed by atoms with E-state index in [1.165, 1.54) is 4.90 Å². The van der Waals surface area contributed by atoms with Crippen LogP contribution in [0.2, 0.25) is 0 Å². The Balaban J connectivity index is 2.05. The van der Waals surface area contributed by atoms with E-state index in [9.17, 15) is 4.79 Å². The number of benzene rings is 1. The van der Waals surface area contributed by atoms with Crippen LogP contribution in [0.15, 0.2) is 36.4 Å². The van der Waals surface area contributed by atoms with Crippen molar-refractivity contribution < 1.29 is 9.90 Å². The smallest absolute Gasteiger partial charge is 0.407 e. The largest absolute Gasteiger partial charge is 0.465 e. The standard InChI is InChI=1S/C15H20N2O2/c1-12-11-15(16,9-10-17(12)14(18)19)8-7-13-5-3-2-4-6-13/h2-8,12H,9-11,16H2,1H3,(H,18,19). The number of amides is 1. The van der Waals surface area contributed by atoms with E-state index in [-0.39, 0.29) is 6.04 Å². The minimum absolute atomic E-state index is 0.0447. The lowest BCUT2D eigenvalue weighted by Gasteiger charge is -2.40. The van der Waals surface area contributed by atoms with Crippen LogP contribution in [0.25, 0.3) is 6.08 Å². The maximum absolute atomic E-state index is 11.0. The van der Waals surface area contributed by atoms with Gasteiger partial charge in [-0.15, -0.1) is 0 Å². The second kappa shape index (κ2) is 5.45. The van der Waals surface area contributed by atoms with Crippen molar-refractivity contribution >= 4 is 12.2 Å². The second-order valence-electron chi connectivity index (χ2n) is 5.26. The summed E-state index contributed by atoms with van der Waals surface area (Å²) in [5.74, 6) is 0. The van der Waals surface area contributed by atoms with Crippen molar-refractivity contribution in [3.8, 4) is 0 Å². The number of nitrogens with zero attached hydrogens (tertiary/aromatic N) is 1. The summed E-state index contributed by atoms with van der Waals surface area (Å²) < 4.78 is 0. The summed E-state index contributed by atoms with van der Waals surface area (Å²) in [7, 11) is 0. The van der Waals surface area contributed by atoms with Crippen LogP contribution in [-0.2, 0) is 0 Å². The van der Waals surface area contributed by atoms with E-state index >= 15 is 0 Å². The first-order valence-corrected chi connectivity index (χ1v) is 6.53. The van der Waals surface area contributed by atoms with Crippen molar-refractivity contribution in [1.29, 1.82) is 0 Å². The maximum Gasteiger partial charge on any atom is 0.407 e. The van der Waals surface area contributed by atoms with Crippen molar-refractivity contribution in [2.24, 2.45) is 5.73 Å². The molecule has 1 aliphatic heterocycles. The molecule has 0 radical (unpaired) electrons. The van der Waals surface area contributed by atoms with Crippen molar-refractivity contribution in [2.45, 2.75) is 31.3 Å². The summed E-state index contributed by atoms with van der Waals surface area (Å²) in [4.78, 5) is 12.5. The normalized spacial score (nSPS) is 27.7. The number of piperidine rings is 1. The molecule has 0 aliphatic carbocycles. The number of likely N-dealkylation sites (tertiary alicyclic amines) is 1. The molecule has 4 nitrogen and oxygen atoms in total. The van der Waals surface area contributed by atoms with Crippen LogP contribution in [0, 0.1) is 0 Å². The highest BCUT2D eigenvalue weighted by molar-refractivity contribution is 5.65. The number of rotatable bonds is 2. The van der Waals surface area contributed by atoms with Crippen LogP contribution in [0.5, 0.6) is 0 Å². The Labute approximate surface area is 113 Å². The minimum Gasteiger partial charge on any atom is -0.465 e. The van der Waals surface area contributed by atoms with Gasteiger partial charge in [-0.1, -0.05) is 42.5 Å². The minimum atomic E-state index is -0.860. The average Bonchev–Trinajstić information content (AvgIpc) is 2.37. The van der Waals surface area contributed by atoms with E-state index in [2.05, 4.69) is 0 Å². The van der Waals surface area contributed by atoms with Crippen LogP contribution in [0.1, 0.15) is 25.3 Å². The quantitative estimate of drug-likeness (QED) is 0.858. The van der Waals surface area contributed by atoms with Crippen molar-refractivity contribution in [3.63, 3.8) is 0 Å². The molecule has 1 heterocycles. The summed E-state index contributed by atoms with van der Waals surface area (Å²) >= 11 is 0. The van der Waals surface area contributed by atoms with Crippen LogP contribution < -0.4 is 5.73 Å². The van der Waals surface area contributed by atoms with Gasteiger partial charge < -0.3 is 15.7 Å². The molecule has 1 saturated heterocycles. The predicted octanol–water partition coefficient (Wildman–Crippen LogP) is 2.56. The topological polar surface area (TPSA) is 66.6 Å². The lowest BCUT2D eigenvalue weighted by molar-refractivity contribution is 0.0971. The molecule has 102 valence electrons. The van der Waals surface area contributed by atoms with Gasteiger partial charge in [0.05, 0.1) is 0 Å². The summed E-state index contributed by atoms with van der Waals surface area (Å²) in [6, 6.07) is 9.95. The Kier molecular flexibility index (Phi) is 3.90. The Hall–Kier alpha value is -1.81. The number of carbonyl (C=O) groups is 1. The van der Waals surface area contributed by atoms with Gasteiger partial charge in [0.1, 0.15) is 0 Å². The van der Waals surface area contributed by atoms with Crippen LogP contribution in [0.4, 0.5) is 4.79 Å². The van der Waals surface area contributed by atoms with Crippen LogP contribution in [0.3, 0.4) is 0 Å². The maximum atomic E-state index is 11.0. The fraction of sp³-hybridized carbons (Fsp3) is 0.400. The second-order valence-corrected chi connectivity index (χ2v) is 5.26. The number of nitrogens with two attached hydrogens (primary N) is 1. The molecule has 3 N–H and O–H groups in total. The predicted molar refractivity (Wildman–Crippen MR) is 75.8 cm³/mol. The zero-order valence-corrected chi connectivity index (χ0v) is 11.1. The van der Waals surface area contributed by atoms with Crippen molar-refractivity contribution in [1.82, 2.24) is 4.90 Å². The molecule has 0 aromatic heterocycles. The fourth-order valence-electron chi connectivity index (χ4n) is 2.57. The summed E-state index contributed by atoms with van der Waals surface area (Å²) in [5.41, 5.74) is 7.05. The van der Waals surface area contributed by atoms with Gasteiger partial charge in [-0.05, 0) is 25.3 Å². The molecule has 1 aliphatic rings. The number of carboxylic acid groups (broad SMARTS) is 1. The Morgan fingerprint density at radius 3 is 2.74 bits per heavy atom. The Morgan fingerprint density at radius 2 is 2.16 bits per heavy atom. The number of hydrogen-bond donors (Lipinski definition) is 2. The zero-order valence-electron chi connectivity index (χ0n) is 11.1. The highest BCUT2D eigenvalue weighted by Gasteiger charge is 2.35. The van der Waals surface area contributed by atoms with Crippen molar-refractivity contribution in [3.05, 3.63) is 42.0 Å². The van der Waals surface area contributed by atoms with Crippen LogP contribution >= 0.6 is 0 Å². The van der Waals surface area contributed by atoms with E-state index in [0.717, 1.165) is 5.56 Å². The molecule has 1 amide bonds. The lowest BCUT2D eigenvalue weighted by Crippen LogP contribution is -2.54. The van der Waals surface area contributed by atoms with E-state index in [0.29, 0.717) is 19.4 Å². The van der Waals surface area contributed by atoms with Gasteiger partial charge in [-0.2, -0.15) is 0 Å². The molecular formula is C15H20N2O2. The molecule has 1 fully saturated rings. The molecule has 2 unspecified atom stereocenters. The van der Waals surface area contributed by atoms with E-state index in [4.69, 9.17) is 10.8 Å². The Morgan fingerprint density at radius 1 is 1.47 bits per heavy atom. The summed E-state index contributed by atoms with van der Waals surface area (Å²) in [6.45, 7) is 2.40. The lowest BCUT2D eigenvalue weighted by atomic mass is 9.84. The number of hydrogen-bond acceptors (Lipinski definition) is 2. The third kappa shape index (κ3) is 3.35. The third-order valence-corrected chi connectivity index (χ3v) is 3.68. The molecule has 2 rings (SSSR count). The highest BCUT2D eigenvalue weighted by Crippen LogP contribution is 2.26. The molecule has 1 aromatic carbocycles. The molecule has 19 heavy (non-hydrogen) atoms. The summed E-state index contributed by atoms with van der Waals surface area (Å²) in [6.07, 6.45) is 4.48. The van der Waals surface area contributed by atoms with Gasteiger partial charge in [0.25, 0.3) is 0 Å². The van der Waals surface area contributed by atoms with E-state index in [1.54, 1.807) is 0 Å². The van der Waals surface area contributed by atoms with Gasteiger partial charge in [0.2, 0.25) is 0 Å². The first-order chi connectivity index (χ1) is 9.00. The molecule has 0 saturated carbocycles. The Bertz CT molecular complexity index is 472. The molecular weight excluding hydrogens is 240 g/mol. The molecule has 1 aromatic rings.